The maximum atomic E-state index is 12.0. The van der Waals surface area contributed by atoms with Crippen molar-refractivity contribution in [3.8, 4) is 5.75 Å². The summed E-state index contributed by atoms with van der Waals surface area (Å²) in [5.74, 6) is 0.176. The Balaban J connectivity index is 2.08. The Hall–Kier alpha value is -1.76. The van der Waals surface area contributed by atoms with Gasteiger partial charge in [0.25, 0.3) is 0 Å². The Morgan fingerprint density at radius 1 is 1.30 bits per heavy atom. The average Bonchev–Trinajstić information content (AvgIpc) is 2.98. The van der Waals surface area contributed by atoms with Gasteiger partial charge in [0.2, 0.25) is 5.91 Å². The molecule has 1 fully saturated rings. The summed E-state index contributed by atoms with van der Waals surface area (Å²) < 4.78 is 29.2. The Labute approximate surface area is 137 Å². The molecule has 7 heteroatoms. The first-order valence-corrected chi connectivity index (χ1v) is 9.80. The molecule has 2 rings (SSSR count). The molecule has 128 valence electrons. The normalized spacial score (nSPS) is 15.4. The van der Waals surface area contributed by atoms with Gasteiger partial charge in [0, 0.05) is 12.3 Å². The lowest BCUT2D eigenvalue weighted by Gasteiger charge is -2.16. The minimum Gasteiger partial charge on any atom is -0.490 e. The molecule has 6 nitrogen and oxygen atoms in total. The lowest BCUT2D eigenvalue weighted by molar-refractivity contribution is -0.120. The van der Waals surface area contributed by atoms with Gasteiger partial charge < -0.3 is 15.4 Å². The zero-order valence-corrected chi connectivity index (χ0v) is 14.4. The second kappa shape index (κ2) is 7.68. The quantitative estimate of drug-likeness (QED) is 0.793. The smallest absolute Gasteiger partial charge is 0.239 e. The van der Waals surface area contributed by atoms with Gasteiger partial charge in [-0.25, -0.2) is 8.42 Å². The van der Waals surface area contributed by atoms with Gasteiger partial charge in [-0.3, -0.25) is 4.79 Å². The number of hydrogen-bond acceptors (Lipinski definition) is 5. The summed E-state index contributed by atoms with van der Waals surface area (Å²) in [5, 5.41) is 5.97. The third kappa shape index (κ3) is 4.86. The molecular formula is C16H24N2O4S. The first-order valence-electron chi connectivity index (χ1n) is 7.91. The van der Waals surface area contributed by atoms with Crippen molar-refractivity contribution in [3.05, 3.63) is 18.2 Å². The molecule has 0 heterocycles. The number of para-hydroxylation sites is 1. The molecule has 0 radical (unpaired) electrons. The van der Waals surface area contributed by atoms with E-state index in [2.05, 4.69) is 10.6 Å². The number of hydrogen-bond donors (Lipinski definition) is 2. The molecule has 2 N–H and O–H groups in total. The van der Waals surface area contributed by atoms with Crippen molar-refractivity contribution in [1.82, 2.24) is 5.32 Å². The average molecular weight is 340 g/mol. The fraction of sp³-hybridized carbons (Fsp3) is 0.562. The molecule has 23 heavy (non-hydrogen) atoms. The maximum absolute atomic E-state index is 12.0. The van der Waals surface area contributed by atoms with Crippen LogP contribution in [0.2, 0.25) is 0 Å². The fourth-order valence-corrected chi connectivity index (χ4v) is 3.60. The minimum atomic E-state index is -3.40. The highest BCUT2D eigenvalue weighted by Gasteiger charge is 2.20. The maximum Gasteiger partial charge on any atom is 0.239 e. The molecular weight excluding hydrogens is 316 g/mol. The SMILES string of the molecule is CCOc1c(NCC(=O)NC2CCCC2)cccc1S(C)(=O)=O. The van der Waals surface area contributed by atoms with E-state index in [4.69, 9.17) is 4.74 Å². The Morgan fingerprint density at radius 2 is 2.00 bits per heavy atom. The molecule has 0 saturated heterocycles. The second-order valence-corrected chi connectivity index (χ2v) is 7.72. The number of sulfone groups is 1. The van der Waals surface area contributed by atoms with Crippen LogP contribution in [0, 0.1) is 0 Å². The highest BCUT2D eigenvalue weighted by molar-refractivity contribution is 7.90. The van der Waals surface area contributed by atoms with Crippen molar-refractivity contribution in [3.63, 3.8) is 0 Å². The topological polar surface area (TPSA) is 84.5 Å². The van der Waals surface area contributed by atoms with Gasteiger partial charge in [0.1, 0.15) is 4.90 Å². The number of amides is 1. The summed E-state index contributed by atoms with van der Waals surface area (Å²) in [5.41, 5.74) is 0.511. The van der Waals surface area contributed by atoms with Crippen molar-refractivity contribution in [1.29, 1.82) is 0 Å². The van der Waals surface area contributed by atoms with E-state index in [1.807, 2.05) is 0 Å². The van der Waals surface area contributed by atoms with Gasteiger partial charge in [-0.15, -0.1) is 0 Å². The van der Waals surface area contributed by atoms with Crippen LogP contribution in [0.3, 0.4) is 0 Å². The van der Waals surface area contributed by atoms with Crippen LogP contribution in [0.5, 0.6) is 5.75 Å². The Morgan fingerprint density at radius 3 is 2.61 bits per heavy atom. The molecule has 0 bridgehead atoms. The van der Waals surface area contributed by atoms with Crippen LogP contribution >= 0.6 is 0 Å². The van der Waals surface area contributed by atoms with Crippen molar-refractivity contribution in [2.75, 3.05) is 24.7 Å². The monoisotopic (exact) mass is 340 g/mol. The van der Waals surface area contributed by atoms with Crippen molar-refractivity contribution in [2.24, 2.45) is 0 Å². The fourth-order valence-electron chi connectivity index (χ4n) is 2.76. The molecule has 1 aromatic rings. The Bertz CT molecular complexity index is 652. The van der Waals surface area contributed by atoms with Crippen LogP contribution in [-0.2, 0) is 14.6 Å². The van der Waals surface area contributed by atoms with E-state index in [9.17, 15) is 13.2 Å². The first-order chi connectivity index (χ1) is 10.9. The number of rotatable bonds is 7. The van der Waals surface area contributed by atoms with Crippen molar-refractivity contribution < 1.29 is 17.9 Å². The third-order valence-electron chi connectivity index (χ3n) is 3.83. The van der Waals surface area contributed by atoms with Gasteiger partial charge in [0.05, 0.1) is 18.8 Å². The largest absolute Gasteiger partial charge is 0.490 e. The van der Waals surface area contributed by atoms with Crippen molar-refractivity contribution >= 4 is 21.4 Å². The van der Waals surface area contributed by atoms with Crippen LogP contribution in [0.15, 0.2) is 23.1 Å². The van der Waals surface area contributed by atoms with Crippen LogP contribution in [0.1, 0.15) is 32.6 Å². The van der Waals surface area contributed by atoms with Gasteiger partial charge in [0.15, 0.2) is 15.6 Å². The first kappa shape index (κ1) is 17.6. The summed E-state index contributed by atoms with van der Waals surface area (Å²) in [7, 11) is -3.40. The summed E-state index contributed by atoms with van der Waals surface area (Å²) in [6, 6.07) is 5.11. The number of nitrogens with one attached hydrogen (secondary N) is 2. The lowest BCUT2D eigenvalue weighted by Crippen LogP contribution is -2.36. The summed E-state index contributed by atoms with van der Waals surface area (Å²) in [6.07, 6.45) is 5.51. The van der Waals surface area contributed by atoms with Gasteiger partial charge in [-0.1, -0.05) is 18.9 Å². The van der Waals surface area contributed by atoms with E-state index >= 15 is 0 Å². The predicted molar refractivity (Wildman–Crippen MR) is 89.6 cm³/mol. The molecule has 0 unspecified atom stereocenters. The zero-order chi connectivity index (χ0) is 16.9. The van der Waals surface area contributed by atoms with Crippen LogP contribution in [-0.4, -0.2) is 39.8 Å². The van der Waals surface area contributed by atoms with Crippen LogP contribution in [0.4, 0.5) is 5.69 Å². The molecule has 1 aliphatic rings. The number of carbonyl (C=O) groups excluding carboxylic acids is 1. The third-order valence-corrected chi connectivity index (χ3v) is 4.95. The summed E-state index contributed by atoms with van der Waals surface area (Å²) in [6.45, 7) is 2.22. The Kier molecular flexibility index (Phi) is 5.87. The van der Waals surface area contributed by atoms with E-state index in [0.29, 0.717) is 12.3 Å². The van der Waals surface area contributed by atoms with E-state index in [1.165, 1.54) is 6.07 Å². The second-order valence-electron chi connectivity index (χ2n) is 5.74. The van der Waals surface area contributed by atoms with Gasteiger partial charge in [-0.05, 0) is 31.9 Å². The number of anilines is 1. The molecule has 0 atom stereocenters. The molecule has 0 aliphatic heterocycles. The lowest BCUT2D eigenvalue weighted by atomic mass is 10.2. The van der Waals surface area contributed by atoms with E-state index < -0.39 is 9.84 Å². The van der Waals surface area contributed by atoms with Crippen LogP contribution < -0.4 is 15.4 Å². The molecule has 1 amide bonds. The predicted octanol–water partition coefficient (Wildman–Crippen LogP) is 1.96. The van der Waals surface area contributed by atoms with Crippen LogP contribution in [0.25, 0.3) is 0 Å². The number of benzene rings is 1. The van der Waals surface area contributed by atoms with Gasteiger partial charge in [-0.2, -0.15) is 0 Å². The molecule has 0 aromatic heterocycles. The summed E-state index contributed by atoms with van der Waals surface area (Å²) in [4.78, 5) is 12.1. The van der Waals surface area contributed by atoms with E-state index in [0.717, 1.165) is 31.9 Å². The highest BCUT2D eigenvalue weighted by Crippen LogP contribution is 2.32. The molecule has 0 spiro atoms. The minimum absolute atomic E-state index is 0.0871. The molecule has 1 aliphatic carbocycles. The summed E-state index contributed by atoms with van der Waals surface area (Å²) >= 11 is 0. The molecule has 1 aromatic carbocycles. The highest BCUT2D eigenvalue weighted by atomic mass is 32.2. The van der Waals surface area contributed by atoms with E-state index in [1.54, 1.807) is 19.1 Å². The van der Waals surface area contributed by atoms with Crippen molar-refractivity contribution in [2.45, 2.75) is 43.5 Å². The molecule has 1 saturated carbocycles. The zero-order valence-electron chi connectivity index (χ0n) is 13.6. The standard InChI is InChI=1S/C16H24N2O4S/c1-3-22-16-13(9-6-10-14(16)23(2,20)21)17-11-15(19)18-12-7-4-5-8-12/h6,9-10,12,17H,3-5,7-8,11H2,1-2H3,(H,18,19). The number of ether oxygens (including phenoxy) is 1. The number of carbonyl (C=O) groups is 1. The van der Waals surface area contributed by atoms with E-state index in [-0.39, 0.29) is 29.1 Å². The van der Waals surface area contributed by atoms with Gasteiger partial charge >= 0.3 is 0 Å².